The number of hydrogen-bond donors (Lipinski definition) is 1. The Morgan fingerprint density at radius 3 is 2.65 bits per heavy atom. The number of carbonyl (C=O) groups excluding carboxylic acids is 1. The van der Waals surface area contributed by atoms with Crippen LogP contribution < -0.4 is 10.9 Å². The van der Waals surface area contributed by atoms with Crippen molar-refractivity contribution in [2.45, 2.75) is 20.3 Å². The molecule has 0 unspecified atom stereocenters. The number of amides is 1. The molecule has 1 N–H and O–H groups in total. The molecule has 0 fully saturated rings. The Kier molecular flexibility index (Phi) is 4.03. The van der Waals surface area contributed by atoms with Gasteiger partial charge in [0, 0.05) is 25.0 Å². The lowest BCUT2D eigenvalue weighted by atomic mass is 10.1. The average molecular weight is 270 g/mol. The van der Waals surface area contributed by atoms with Gasteiger partial charge in [0.15, 0.2) is 0 Å². The van der Waals surface area contributed by atoms with E-state index in [4.69, 9.17) is 0 Å². The molecular weight excluding hydrogens is 252 g/mol. The Balaban J connectivity index is 2.32. The van der Waals surface area contributed by atoms with Gasteiger partial charge in [0.05, 0.1) is 5.56 Å². The number of nitrogens with one attached hydrogen (secondary N) is 1. The van der Waals surface area contributed by atoms with E-state index >= 15 is 0 Å². The van der Waals surface area contributed by atoms with Crippen molar-refractivity contribution in [3.8, 4) is 0 Å². The summed E-state index contributed by atoms with van der Waals surface area (Å²) in [7, 11) is 1.63. The summed E-state index contributed by atoms with van der Waals surface area (Å²) in [6, 6.07) is 8.89. The molecule has 104 valence electrons. The minimum atomic E-state index is -0.204. The van der Waals surface area contributed by atoms with E-state index in [1.807, 2.05) is 25.1 Å². The molecule has 0 aliphatic heterocycles. The summed E-state index contributed by atoms with van der Waals surface area (Å²) in [5.41, 5.74) is 3.32. The number of pyridine rings is 1. The second-order valence-corrected chi connectivity index (χ2v) is 4.78. The van der Waals surface area contributed by atoms with Crippen LogP contribution in [-0.2, 0) is 13.5 Å². The fourth-order valence-electron chi connectivity index (χ4n) is 2.12. The molecular formula is C16H18N2O2. The molecule has 0 saturated heterocycles. The summed E-state index contributed by atoms with van der Waals surface area (Å²) < 4.78 is 1.40. The number of anilines is 1. The van der Waals surface area contributed by atoms with Gasteiger partial charge in [0.2, 0.25) is 5.56 Å². The van der Waals surface area contributed by atoms with Gasteiger partial charge in [-0.1, -0.05) is 25.1 Å². The molecule has 0 aliphatic carbocycles. The monoisotopic (exact) mass is 270 g/mol. The van der Waals surface area contributed by atoms with Gasteiger partial charge in [0.25, 0.3) is 5.91 Å². The summed E-state index contributed by atoms with van der Waals surface area (Å²) in [5, 5.41) is 2.94. The third-order valence-corrected chi connectivity index (χ3v) is 3.33. The quantitative estimate of drug-likeness (QED) is 0.931. The van der Waals surface area contributed by atoms with Gasteiger partial charge in [-0.05, 0) is 30.5 Å². The molecule has 0 aliphatic rings. The summed E-state index contributed by atoms with van der Waals surface area (Å²) in [5.74, 6) is -0.204. The molecule has 0 atom stereocenters. The first kappa shape index (κ1) is 14.1. The summed E-state index contributed by atoms with van der Waals surface area (Å²) >= 11 is 0. The van der Waals surface area contributed by atoms with Crippen molar-refractivity contribution < 1.29 is 4.79 Å². The maximum absolute atomic E-state index is 12.3. The second-order valence-electron chi connectivity index (χ2n) is 4.78. The van der Waals surface area contributed by atoms with Crippen molar-refractivity contribution in [3.63, 3.8) is 0 Å². The second kappa shape index (κ2) is 5.74. The standard InChI is InChI=1S/C16H18N2O2/c1-4-12-7-5-6-11(2)15(12)17-16(20)13-8-9-14(19)18(3)10-13/h5-10H,4H2,1-3H3,(H,17,20). The van der Waals surface area contributed by atoms with Crippen molar-refractivity contribution >= 4 is 11.6 Å². The van der Waals surface area contributed by atoms with Crippen LogP contribution in [0, 0.1) is 6.92 Å². The number of benzene rings is 1. The molecule has 0 saturated carbocycles. The molecule has 1 amide bonds. The fourth-order valence-corrected chi connectivity index (χ4v) is 2.12. The van der Waals surface area contributed by atoms with Crippen LogP contribution in [-0.4, -0.2) is 10.5 Å². The zero-order valence-electron chi connectivity index (χ0n) is 11.9. The number of rotatable bonds is 3. The van der Waals surface area contributed by atoms with Crippen LogP contribution in [0.4, 0.5) is 5.69 Å². The normalized spacial score (nSPS) is 10.3. The number of carbonyl (C=O) groups is 1. The van der Waals surface area contributed by atoms with E-state index in [2.05, 4.69) is 12.2 Å². The predicted octanol–water partition coefficient (Wildman–Crippen LogP) is 2.51. The Labute approximate surface area is 118 Å². The molecule has 4 heteroatoms. The molecule has 0 bridgehead atoms. The molecule has 4 nitrogen and oxygen atoms in total. The smallest absolute Gasteiger partial charge is 0.257 e. The van der Waals surface area contributed by atoms with Crippen LogP contribution in [0.3, 0.4) is 0 Å². The first-order chi connectivity index (χ1) is 9.52. The molecule has 1 heterocycles. The predicted molar refractivity (Wildman–Crippen MR) is 80.2 cm³/mol. The molecule has 20 heavy (non-hydrogen) atoms. The van der Waals surface area contributed by atoms with E-state index in [-0.39, 0.29) is 11.5 Å². The molecule has 2 aromatic rings. The van der Waals surface area contributed by atoms with Crippen LogP contribution >= 0.6 is 0 Å². The van der Waals surface area contributed by atoms with Crippen molar-refractivity contribution in [3.05, 3.63) is 63.6 Å². The Hall–Kier alpha value is -2.36. The van der Waals surface area contributed by atoms with Crippen LogP contribution in [0.25, 0.3) is 0 Å². The van der Waals surface area contributed by atoms with Gasteiger partial charge in [-0.2, -0.15) is 0 Å². The van der Waals surface area contributed by atoms with E-state index < -0.39 is 0 Å². The highest BCUT2D eigenvalue weighted by molar-refractivity contribution is 6.04. The van der Waals surface area contributed by atoms with Crippen molar-refractivity contribution in [1.29, 1.82) is 0 Å². The number of aromatic nitrogens is 1. The maximum Gasteiger partial charge on any atom is 0.257 e. The van der Waals surface area contributed by atoms with Gasteiger partial charge < -0.3 is 9.88 Å². The van der Waals surface area contributed by atoms with Gasteiger partial charge >= 0.3 is 0 Å². The molecule has 0 spiro atoms. The van der Waals surface area contributed by atoms with E-state index in [0.717, 1.165) is 23.2 Å². The number of aryl methyl sites for hydroxylation is 3. The lowest BCUT2D eigenvalue weighted by Crippen LogP contribution is -2.20. The van der Waals surface area contributed by atoms with Gasteiger partial charge in [-0.3, -0.25) is 9.59 Å². The Morgan fingerprint density at radius 1 is 1.25 bits per heavy atom. The number of nitrogens with zero attached hydrogens (tertiary/aromatic N) is 1. The van der Waals surface area contributed by atoms with Crippen molar-refractivity contribution in [2.24, 2.45) is 7.05 Å². The molecule has 2 rings (SSSR count). The average Bonchev–Trinajstić information content (AvgIpc) is 2.44. The first-order valence-electron chi connectivity index (χ1n) is 6.59. The molecule has 1 aromatic heterocycles. The highest BCUT2D eigenvalue weighted by atomic mass is 16.2. The zero-order chi connectivity index (χ0) is 14.7. The minimum absolute atomic E-state index is 0.133. The van der Waals surface area contributed by atoms with Crippen molar-refractivity contribution in [1.82, 2.24) is 4.57 Å². The van der Waals surface area contributed by atoms with Gasteiger partial charge in [-0.15, -0.1) is 0 Å². The van der Waals surface area contributed by atoms with Gasteiger partial charge in [-0.25, -0.2) is 0 Å². The van der Waals surface area contributed by atoms with Crippen LogP contribution in [0.5, 0.6) is 0 Å². The fraction of sp³-hybridized carbons (Fsp3) is 0.250. The van der Waals surface area contributed by atoms with Crippen molar-refractivity contribution in [2.75, 3.05) is 5.32 Å². The highest BCUT2D eigenvalue weighted by Gasteiger charge is 2.11. The van der Waals surface area contributed by atoms with Crippen LogP contribution in [0.15, 0.2) is 41.3 Å². The topological polar surface area (TPSA) is 51.1 Å². The lowest BCUT2D eigenvalue weighted by Gasteiger charge is -2.13. The van der Waals surface area contributed by atoms with E-state index in [0.29, 0.717) is 5.56 Å². The maximum atomic E-state index is 12.3. The largest absolute Gasteiger partial charge is 0.321 e. The first-order valence-corrected chi connectivity index (χ1v) is 6.59. The lowest BCUT2D eigenvalue weighted by molar-refractivity contribution is 0.102. The molecule has 1 aromatic carbocycles. The van der Waals surface area contributed by atoms with E-state index in [1.165, 1.54) is 10.6 Å². The number of hydrogen-bond acceptors (Lipinski definition) is 2. The van der Waals surface area contributed by atoms with E-state index in [1.54, 1.807) is 19.3 Å². The summed E-state index contributed by atoms with van der Waals surface area (Å²) in [4.78, 5) is 23.6. The third-order valence-electron chi connectivity index (χ3n) is 3.33. The van der Waals surface area contributed by atoms with E-state index in [9.17, 15) is 9.59 Å². The minimum Gasteiger partial charge on any atom is -0.321 e. The zero-order valence-corrected chi connectivity index (χ0v) is 11.9. The summed E-state index contributed by atoms with van der Waals surface area (Å²) in [6.07, 6.45) is 2.39. The SMILES string of the molecule is CCc1cccc(C)c1NC(=O)c1ccc(=O)n(C)c1. The van der Waals surface area contributed by atoms with Gasteiger partial charge in [0.1, 0.15) is 0 Å². The van der Waals surface area contributed by atoms with Crippen LogP contribution in [0.1, 0.15) is 28.4 Å². The third kappa shape index (κ3) is 2.79. The number of para-hydroxylation sites is 1. The highest BCUT2D eigenvalue weighted by Crippen LogP contribution is 2.21. The summed E-state index contributed by atoms with van der Waals surface area (Å²) in [6.45, 7) is 4.02. The molecule has 0 radical (unpaired) electrons. The Morgan fingerprint density at radius 2 is 2.00 bits per heavy atom. The van der Waals surface area contributed by atoms with Crippen LogP contribution in [0.2, 0.25) is 0 Å². The Bertz CT molecular complexity index is 702.